The van der Waals surface area contributed by atoms with Crippen LogP contribution in [-0.4, -0.2) is 74.5 Å². The van der Waals surface area contributed by atoms with Gasteiger partial charge in [-0.1, -0.05) is 6.92 Å². The number of ether oxygens (including phenoxy) is 1. The first-order valence-electron chi connectivity index (χ1n) is 8.13. The molecule has 0 aromatic rings. The van der Waals surface area contributed by atoms with Crippen molar-refractivity contribution in [2.75, 3.05) is 46.4 Å². The molecule has 0 aromatic heterocycles. The predicted molar refractivity (Wildman–Crippen MR) is 80.2 cm³/mol. The number of piperidine rings is 1. The minimum atomic E-state index is -4.15. The Labute approximate surface area is 135 Å². The quantitative estimate of drug-likeness (QED) is 0.853. The number of nitrogens with one attached hydrogen (secondary N) is 1. The van der Waals surface area contributed by atoms with Crippen molar-refractivity contribution in [2.24, 2.45) is 11.8 Å². The summed E-state index contributed by atoms with van der Waals surface area (Å²) in [5.41, 5.74) is 0. The van der Waals surface area contributed by atoms with Crippen LogP contribution < -0.4 is 5.32 Å². The molecule has 3 atom stereocenters. The first-order valence-corrected chi connectivity index (χ1v) is 8.13. The number of hydrogen-bond donors (Lipinski definition) is 1. The van der Waals surface area contributed by atoms with Gasteiger partial charge in [0.2, 0.25) is 0 Å². The van der Waals surface area contributed by atoms with Crippen LogP contribution in [0, 0.1) is 11.8 Å². The number of nitrogens with zero attached hydrogens (tertiary/aromatic N) is 2. The van der Waals surface area contributed by atoms with Gasteiger partial charge >= 0.3 is 12.2 Å². The van der Waals surface area contributed by atoms with E-state index in [2.05, 4.69) is 12.2 Å². The number of urea groups is 1. The monoisotopic (exact) mass is 337 g/mol. The molecular formula is C15H26F3N3O2. The van der Waals surface area contributed by atoms with Crippen LogP contribution in [-0.2, 0) is 4.74 Å². The van der Waals surface area contributed by atoms with Crippen LogP contribution >= 0.6 is 0 Å². The van der Waals surface area contributed by atoms with E-state index in [-0.39, 0.29) is 18.1 Å². The maximum atomic E-state index is 12.4. The molecule has 2 saturated heterocycles. The Kier molecular flexibility index (Phi) is 6.13. The number of hydrogen-bond acceptors (Lipinski definition) is 3. The maximum absolute atomic E-state index is 12.4. The zero-order chi connectivity index (χ0) is 17.0. The summed E-state index contributed by atoms with van der Waals surface area (Å²) in [6.07, 6.45) is -2.52. The van der Waals surface area contributed by atoms with Crippen molar-refractivity contribution in [2.45, 2.75) is 32.0 Å². The maximum Gasteiger partial charge on any atom is 0.401 e. The number of halogens is 3. The van der Waals surface area contributed by atoms with Crippen LogP contribution in [0.3, 0.4) is 0 Å². The van der Waals surface area contributed by atoms with Crippen LogP contribution in [0.1, 0.15) is 19.8 Å². The molecule has 1 N–H and O–H groups in total. The number of likely N-dealkylation sites (tertiary alicyclic amines) is 2. The molecule has 0 aromatic carbocycles. The highest BCUT2D eigenvalue weighted by Gasteiger charge is 2.34. The first-order chi connectivity index (χ1) is 10.8. The van der Waals surface area contributed by atoms with E-state index < -0.39 is 12.7 Å². The summed E-state index contributed by atoms with van der Waals surface area (Å²) in [7, 11) is 1.65. The average Bonchev–Trinajstić information content (AvgIpc) is 2.90. The Morgan fingerprint density at radius 1 is 1.26 bits per heavy atom. The molecule has 0 spiro atoms. The molecule has 2 amide bonds. The Hall–Kier alpha value is -1.02. The highest BCUT2D eigenvalue weighted by molar-refractivity contribution is 5.74. The van der Waals surface area contributed by atoms with Crippen molar-refractivity contribution in [1.29, 1.82) is 0 Å². The number of carbonyl (C=O) groups excluding carboxylic acids is 1. The second kappa shape index (κ2) is 7.70. The molecule has 0 unspecified atom stereocenters. The molecular weight excluding hydrogens is 311 g/mol. The molecule has 2 rings (SSSR count). The second-order valence-corrected chi connectivity index (χ2v) is 6.68. The summed E-state index contributed by atoms with van der Waals surface area (Å²) in [4.78, 5) is 15.3. The first kappa shape index (κ1) is 18.3. The SMILES string of the molecule is CO[C@H]1CN(C(=O)NC[C@@H]2CCN(CC(F)(F)F)C2)CC[C@@H]1C. The lowest BCUT2D eigenvalue weighted by atomic mass is 9.96. The third-order valence-corrected chi connectivity index (χ3v) is 4.79. The van der Waals surface area contributed by atoms with Crippen molar-refractivity contribution in [3.05, 3.63) is 0 Å². The van der Waals surface area contributed by atoms with Crippen molar-refractivity contribution in [3.8, 4) is 0 Å². The van der Waals surface area contributed by atoms with E-state index in [1.165, 1.54) is 4.90 Å². The fourth-order valence-corrected chi connectivity index (χ4v) is 3.35. The number of alkyl halides is 3. The normalized spacial score (nSPS) is 29.8. The van der Waals surface area contributed by atoms with Gasteiger partial charge in [0.05, 0.1) is 12.6 Å². The van der Waals surface area contributed by atoms with E-state index in [4.69, 9.17) is 4.74 Å². The van der Waals surface area contributed by atoms with Gasteiger partial charge in [-0.15, -0.1) is 0 Å². The molecule has 2 fully saturated rings. The van der Waals surface area contributed by atoms with Crippen LogP contribution in [0.2, 0.25) is 0 Å². The van der Waals surface area contributed by atoms with E-state index in [1.54, 1.807) is 12.0 Å². The summed E-state index contributed by atoms with van der Waals surface area (Å²) in [5, 5.41) is 2.86. The minimum absolute atomic E-state index is 0.0447. The van der Waals surface area contributed by atoms with E-state index in [0.29, 0.717) is 45.1 Å². The molecule has 23 heavy (non-hydrogen) atoms. The van der Waals surface area contributed by atoms with Gasteiger partial charge in [-0.2, -0.15) is 13.2 Å². The molecule has 2 heterocycles. The van der Waals surface area contributed by atoms with Gasteiger partial charge in [-0.05, 0) is 31.2 Å². The summed E-state index contributed by atoms with van der Waals surface area (Å²) < 4.78 is 42.5. The van der Waals surface area contributed by atoms with E-state index >= 15 is 0 Å². The standard InChI is InChI=1S/C15H26F3N3O2/c1-11-3-6-21(9-13(11)23-2)14(22)19-7-12-4-5-20(8-12)10-15(16,17)18/h11-13H,3-10H2,1-2H3,(H,19,22)/t11-,12-,13-/m0/s1. The molecule has 0 saturated carbocycles. The third kappa shape index (κ3) is 5.53. The lowest BCUT2D eigenvalue weighted by Crippen LogP contribution is -2.51. The molecule has 0 bridgehead atoms. The van der Waals surface area contributed by atoms with Crippen molar-refractivity contribution in [1.82, 2.24) is 15.1 Å². The average molecular weight is 337 g/mol. The van der Waals surface area contributed by atoms with Gasteiger partial charge in [-0.3, -0.25) is 4.90 Å². The highest BCUT2D eigenvalue weighted by atomic mass is 19.4. The number of carbonyl (C=O) groups is 1. The van der Waals surface area contributed by atoms with Gasteiger partial charge in [-0.25, -0.2) is 4.79 Å². The van der Waals surface area contributed by atoms with Crippen molar-refractivity contribution >= 4 is 6.03 Å². The largest absolute Gasteiger partial charge is 0.401 e. The zero-order valence-corrected chi connectivity index (χ0v) is 13.7. The second-order valence-electron chi connectivity index (χ2n) is 6.68. The van der Waals surface area contributed by atoms with Gasteiger partial charge in [0, 0.05) is 33.3 Å². The van der Waals surface area contributed by atoms with Crippen LogP contribution in [0.15, 0.2) is 0 Å². The lowest BCUT2D eigenvalue weighted by Gasteiger charge is -2.36. The Morgan fingerprint density at radius 2 is 2.00 bits per heavy atom. The molecule has 0 aliphatic carbocycles. The van der Waals surface area contributed by atoms with E-state index in [9.17, 15) is 18.0 Å². The van der Waals surface area contributed by atoms with Crippen LogP contribution in [0.25, 0.3) is 0 Å². The van der Waals surface area contributed by atoms with Gasteiger partial charge < -0.3 is 15.0 Å². The Bertz CT molecular complexity index is 406. The Balaban J connectivity index is 1.71. The van der Waals surface area contributed by atoms with Gasteiger partial charge in [0.25, 0.3) is 0 Å². The van der Waals surface area contributed by atoms with Gasteiger partial charge in [0.1, 0.15) is 0 Å². The Morgan fingerprint density at radius 3 is 2.65 bits per heavy atom. The minimum Gasteiger partial charge on any atom is -0.379 e. The topological polar surface area (TPSA) is 44.8 Å². The predicted octanol–water partition coefficient (Wildman–Crippen LogP) is 1.94. The zero-order valence-electron chi connectivity index (χ0n) is 13.7. The molecule has 2 aliphatic heterocycles. The molecule has 2 aliphatic rings. The summed E-state index contributed by atoms with van der Waals surface area (Å²) in [5.74, 6) is 0.512. The van der Waals surface area contributed by atoms with Crippen LogP contribution in [0.5, 0.6) is 0 Å². The number of rotatable bonds is 4. The van der Waals surface area contributed by atoms with Crippen molar-refractivity contribution < 1.29 is 22.7 Å². The van der Waals surface area contributed by atoms with Crippen molar-refractivity contribution in [3.63, 3.8) is 0 Å². The third-order valence-electron chi connectivity index (χ3n) is 4.79. The highest BCUT2D eigenvalue weighted by Crippen LogP contribution is 2.23. The molecule has 8 heteroatoms. The molecule has 5 nitrogen and oxygen atoms in total. The molecule has 0 radical (unpaired) electrons. The fraction of sp³-hybridized carbons (Fsp3) is 0.933. The van der Waals surface area contributed by atoms with Crippen LogP contribution in [0.4, 0.5) is 18.0 Å². The summed E-state index contributed by atoms with van der Waals surface area (Å²) in [6, 6.07) is -0.145. The molecule has 134 valence electrons. The summed E-state index contributed by atoms with van der Waals surface area (Å²) >= 11 is 0. The van der Waals surface area contributed by atoms with E-state index in [1.807, 2.05) is 0 Å². The smallest absolute Gasteiger partial charge is 0.379 e. The summed E-state index contributed by atoms with van der Waals surface area (Å²) in [6.45, 7) is 3.75. The van der Waals surface area contributed by atoms with Gasteiger partial charge in [0.15, 0.2) is 0 Å². The van der Waals surface area contributed by atoms with E-state index in [0.717, 1.165) is 6.42 Å². The number of methoxy groups -OCH3 is 1. The lowest BCUT2D eigenvalue weighted by molar-refractivity contribution is -0.143. The number of amides is 2. The fourth-order valence-electron chi connectivity index (χ4n) is 3.35.